The Morgan fingerprint density at radius 2 is 1.89 bits per heavy atom. The van der Waals surface area contributed by atoms with E-state index in [9.17, 15) is 0 Å². The second-order valence-electron chi connectivity index (χ2n) is 6.22. The van der Waals surface area contributed by atoms with E-state index in [4.69, 9.17) is 5.10 Å². The standard InChI is InChI=1S/C16H29N3/c1-6-17-12(3)16-13(4)18-19(14(16)5)15-9-7-11(2)8-10-15/h11-12,15,17H,6-10H2,1-5H3. The molecule has 2 rings (SSSR count). The van der Waals surface area contributed by atoms with Crippen LogP contribution in [0.4, 0.5) is 0 Å². The maximum atomic E-state index is 4.84. The Morgan fingerprint density at radius 3 is 2.47 bits per heavy atom. The molecule has 3 nitrogen and oxygen atoms in total. The summed E-state index contributed by atoms with van der Waals surface area (Å²) in [6, 6.07) is 1.03. The van der Waals surface area contributed by atoms with Gasteiger partial charge < -0.3 is 5.32 Å². The molecule has 1 saturated carbocycles. The summed E-state index contributed by atoms with van der Waals surface area (Å²) in [5, 5.41) is 8.35. The number of nitrogens with one attached hydrogen (secondary N) is 1. The van der Waals surface area contributed by atoms with E-state index in [0.717, 1.165) is 12.5 Å². The topological polar surface area (TPSA) is 29.9 Å². The third-order valence-corrected chi connectivity index (χ3v) is 4.66. The van der Waals surface area contributed by atoms with Crippen LogP contribution in [0.25, 0.3) is 0 Å². The number of aryl methyl sites for hydroxylation is 1. The van der Waals surface area contributed by atoms with Gasteiger partial charge in [-0.1, -0.05) is 13.8 Å². The molecule has 1 N–H and O–H groups in total. The van der Waals surface area contributed by atoms with Gasteiger partial charge in [0.2, 0.25) is 0 Å². The number of hydrogen-bond acceptors (Lipinski definition) is 2. The second kappa shape index (κ2) is 6.08. The molecule has 108 valence electrons. The zero-order valence-electron chi connectivity index (χ0n) is 13.2. The van der Waals surface area contributed by atoms with Crippen LogP contribution >= 0.6 is 0 Å². The van der Waals surface area contributed by atoms with Crippen molar-refractivity contribution >= 4 is 0 Å². The minimum atomic E-state index is 0.404. The van der Waals surface area contributed by atoms with Gasteiger partial charge in [0.15, 0.2) is 0 Å². The van der Waals surface area contributed by atoms with Crippen LogP contribution in [0.15, 0.2) is 0 Å². The lowest BCUT2D eigenvalue weighted by Crippen LogP contribution is -2.21. The Bertz CT molecular complexity index is 414. The maximum Gasteiger partial charge on any atom is 0.0644 e. The van der Waals surface area contributed by atoms with Crippen molar-refractivity contribution in [3.05, 3.63) is 17.0 Å². The van der Waals surface area contributed by atoms with Gasteiger partial charge in [0, 0.05) is 17.3 Å². The summed E-state index contributed by atoms with van der Waals surface area (Å²) < 4.78 is 2.31. The van der Waals surface area contributed by atoms with Crippen molar-refractivity contribution in [2.45, 2.75) is 72.4 Å². The summed E-state index contributed by atoms with van der Waals surface area (Å²) >= 11 is 0. The Labute approximate surface area is 117 Å². The Kier molecular flexibility index (Phi) is 4.67. The molecule has 0 radical (unpaired) electrons. The molecule has 0 aliphatic heterocycles. The number of hydrogen-bond donors (Lipinski definition) is 1. The first-order chi connectivity index (χ1) is 9.04. The molecule has 1 aliphatic carbocycles. The zero-order valence-corrected chi connectivity index (χ0v) is 13.2. The van der Waals surface area contributed by atoms with Gasteiger partial charge in [-0.25, -0.2) is 0 Å². The molecule has 3 heteroatoms. The Balaban J connectivity index is 2.21. The van der Waals surface area contributed by atoms with Crippen molar-refractivity contribution in [1.82, 2.24) is 15.1 Å². The van der Waals surface area contributed by atoms with Gasteiger partial charge in [0.25, 0.3) is 0 Å². The molecule has 1 atom stereocenters. The number of rotatable bonds is 4. The molecule has 1 aliphatic rings. The van der Waals surface area contributed by atoms with E-state index in [0.29, 0.717) is 12.1 Å². The van der Waals surface area contributed by atoms with Gasteiger partial charge in [0.1, 0.15) is 0 Å². The van der Waals surface area contributed by atoms with E-state index < -0.39 is 0 Å². The monoisotopic (exact) mass is 263 g/mol. The Hall–Kier alpha value is -0.830. The highest BCUT2D eigenvalue weighted by molar-refractivity contribution is 5.28. The summed E-state index contributed by atoms with van der Waals surface area (Å²) in [5.41, 5.74) is 3.97. The average Bonchev–Trinajstić information content (AvgIpc) is 2.66. The summed E-state index contributed by atoms with van der Waals surface area (Å²) in [5.74, 6) is 0.897. The molecule has 0 amide bonds. The maximum absolute atomic E-state index is 4.84. The van der Waals surface area contributed by atoms with Crippen LogP contribution in [0.1, 0.15) is 75.5 Å². The minimum Gasteiger partial charge on any atom is -0.310 e. The van der Waals surface area contributed by atoms with Crippen molar-refractivity contribution in [2.24, 2.45) is 5.92 Å². The van der Waals surface area contributed by atoms with Crippen LogP contribution in [0.5, 0.6) is 0 Å². The van der Waals surface area contributed by atoms with Crippen molar-refractivity contribution in [2.75, 3.05) is 6.54 Å². The molecule has 0 spiro atoms. The highest BCUT2D eigenvalue weighted by atomic mass is 15.3. The molecule has 0 saturated heterocycles. The third-order valence-electron chi connectivity index (χ3n) is 4.66. The van der Waals surface area contributed by atoms with Gasteiger partial charge in [-0.2, -0.15) is 5.10 Å². The van der Waals surface area contributed by atoms with E-state index in [-0.39, 0.29) is 0 Å². The predicted octanol–water partition coefficient (Wildman–Crippen LogP) is 3.92. The Morgan fingerprint density at radius 1 is 1.26 bits per heavy atom. The zero-order chi connectivity index (χ0) is 14.0. The molecule has 1 aromatic rings. The number of aromatic nitrogens is 2. The van der Waals surface area contributed by atoms with Crippen LogP contribution in [-0.2, 0) is 0 Å². The van der Waals surface area contributed by atoms with Crippen LogP contribution in [-0.4, -0.2) is 16.3 Å². The lowest BCUT2D eigenvalue weighted by atomic mass is 9.87. The molecule has 1 fully saturated rings. The first-order valence-corrected chi connectivity index (χ1v) is 7.83. The highest BCUT2D eigenvalue weighted by Gasteiger charge is 2.24. The lowest BCUT2D eigenvalue weighted by molar-refractivity contribution is 0.270. The van der Waals surface area contributed by atoms with Gasteiger partial charge >= 0.3 is 0 Å². The van der Waals surface area contributed by atoms with Crippen molar-refractivity contribution in [3.63, 3.8) is 0 Å². The fourth-order valence-electron chi connectivity index (χ4n) is 3.55. The van der Waals surface area contributed by atoms with Gasteiger partial charge in [0.05, 0.1) is 11.7 Å². The summed E-state index contributed by atoms with van der Waals surface area (Å²) in [6.07, 6.45) is 5.28. The van der Waals surface area contributed by atoms with Crippen LogP contribution in [0.3, 0.4) is 0 Å². The van der Waals surface area contributed by atoms with Gasteiger partial charge in [-0.05, 0) is 58.9 Å². The van der Waals surface area contributed by atoms with E-state index in [2.05, 4.69) is 44.6 Å². The lowest BCUT2D eigenvalue weighted by Gasteiger charge is -2.27. The van der Waals surface area contributed by atoms with E-state index in [1.165, 1.54) is 42.6 Å². The third kappa shape index (κ3) is 3.02. The van der Waals surface area contributed by atoms with Crippen LogP contribution in [0, 0.1) is 19.8 Å². The van der Waals surface area contributed by atoms with Crippen molar-refractivity contribution in [3.8, 4) is 0 Å². The summed E-state index contributed by atoms with van der Waals surface area (Å²) in [6.45, 7) is 12.2. The first-order valence-electron chi connectivity index (χ1n) is 7.83. The molecular formula is C16H29N3. The predicted molar refractivity (Wildman–Crippen MR) is 80.5 cm³/mol. The van der Waals surface area contributed by atoms with Gasteiger partial charge in [-0.3, -0.25) is 4.68 Å². The normalized spacial score (nSPS) is 25.5. The molecule has 0 aromatic carbocycles. The second-order valence-corrected chi connectivity index (χ2v) is 6.22. The van der Waals surface area contributed by atoms with Crippen LogP contribution < -0.4 is 5.32 Å². The summed E-state index contributed by atoms with van der Waals surface area (Å²) in [4.78, 5) is 0. The van der Waals surface area contributed by atoms with Gasteiger partial charge in [-0.15, -0.1) is 0 Å². The molecule has 1 heterocycles. The smallest absolute Gasteiger partial charge is 0.0644 e. The van der Waals surface area contributed by atoms with E-state index >= 15 is 0 Å². The van der Waals surface area contributed by atoms with E-state index in [1.807, 2.05) is 0 Å². The van der Waals surface area contributed by atoms with Crippen molar-refractivity contribution in [1.29, 1.82) is 0 Å². The van der Waals surface area contributed by atoms with Crippen LogP contribution in [0.2, 0.25) is 0 Å². The fraction of sp³-hybridized carbons (Fsp3) is 0.812. The molecule has 19 heavy (non-hydrogen) atoms. The number of nitrogens with zero attached hydrogens (tertiary/aromatic N) is 2. The largest absolute Gasteiger partial charge is 0.310 e. The average molecular weight is 263 g/mol. The molecule has 1 aromatic heterocycles. The first kappa shape index (κ1) is 14.6. The summed E-state index contributed by atoms with van der Waals surface area (Å²) in [7, 11) is 0. The highest BCUT2D eigenvalue weighted by Crippen LogP contribution is 2.34. The molecule has 1 unspecified atom stereocenters. The SMILES string of the molecule is CCNC(C)c1c(C)nn(C2CCC(C)CC2)c1C. The van der Waals surface area contributed by atoms with Crippen molar-refractivity contribution < 1.29 is 0 Å². The van der Waals surface area contributed by atoms with E-state index in [1.54, 1.807) is 0 Å². The quantitative estimate of drug-likeness (QED) is 0.892. The molecular weight excluding hydrogens is 234 g/mol. The fourth-order valence-corrected chi connectivity index (χ4v) is 3.55. The molecule has 0 bridgehead atoms. The minimum absolute atomic E-state index is 0.404.